The maximum Gasteiger partial charge on any atom is 0.172 e. The van der Waals surface area contributed by atoms with Gasteiger partial charge in [-0.1, -0.05) is 42.3 Å². The molecule has 0 bridgehead atoms. The number of hydrogen-bond donors (Lipinski definition) is 1. The number of aromatic nitrogens is 1. The van der Waals surface area contributed by atoms with Gasteiger partial charge in [-0.05, 0) is 19.4 Å². The predicted octanol–water partition coefficient (Wildman–Crippen LogP) is 3.18. The Kier molecular flexibility index (Phi) is 2.95. The van der Waals surface area contributed by atoms with Crippen LogP contribution in [-0.4, -0.2) is 5.16 Å². The molecule has 1 aromatic carbocycles. The average molecular weight is 216 g/mol. The molecule has 2 N–H and O–H groups in total. The van der Waals surface area contributed by atoms with Crippen molar-refractivity contribution in [1.29, 1.82) is 0 Å². The molecule has 0 saturated carbocycles. The summed E-state index contributed by atoms with van der Waals surface area (Å²) < 4.78 is 5.31. The van der Waals surface area contributed by atoms with Gasteiger partial charge in [-0.15, -0.1) is 0 Å². The van der Waals surface area contributed by atoms with Crippen molar-refractivity contribution in [2.45, 2.75) is 26.7 Å². The maximum absolute atomic E-state index is 5.80. The van der Waals surface area contributed by atoms with Crippen LogP contribution in [0.5, 0.6) is 0 Å². The lowest BCUT2D eigenvalue weighted by Crippen LogP contribution is -1.92. The fourth-order valence-corrected chi connectivity index (χ4v) is 1.83. The zero-order valence-electron chi connectivity index (χ0n) is 9.66. The largest absolute Gasteiger partial charge is 0.381 e. The number of nitrogens with zero attached hydrogens (tertiary/aromatic N) is 1. The van der Waals surface area contributed by atoms with Crippen LogP contribution in [0.15, 0.2) is 28.8 Å². The maximum atomic E-state index is 5.80. The van der Waals surface area contributed by atoms with E-state index in [1.165, 1.54) is 5.56 Å². The van der Waals surface area contributed by atoms with E-state index in [4.69, 9.17) is 10.3 Å². The summed E-state index contributed by atoms with van der Waals surface area (Å²) in [4.78, 5) is 0. The topological polar surface area (TPSA) is 52.0 Å². The molecule has 1 aromatic heterocycles. The normalized spacial score (nSPS) is 10.6. The van der Waals surface area contributed by atoms with Crippen LogP contribution in [0.1, 0.15) is 24.5 Å². The van der Waals surface area contributed by atoms with Gasteiger partial charge >= 0.3 is 0 Å². The smallest absolute Gasteiger partial charge is 0.172 e. The lowest BCUT2D eigenvalue weighted by atomic mass is 10.0. The average Bonchev–Trinajstić information content (AvgIpc) is 2.61. The van der Waals surface area contributed by atoms with Gasteiger partial charge in [0.2, 0.25) is 0 Å². The first-order valence-corrected chi connectivity index (χ1v) is 5.53. The van der Waals surface area contributed by atoms with Crippen LogP contribution in [0.2, 0.25) is 0 Å². The molecule has 0 aliphatic heterocycles. The van der Waals surface area contributed by atoms with Gasteiger partial charge in [-0.3, -0.25) is 0 Å². The molecular weight excluding hydrogens is 200 g/mol. The van der Waals surface area contributed by atoms with Gasteiger partial charge in [0.25, 0.3) is 0 Å². The Hall–Kier alpha value is -1.77. The second-order valence-corrected chi connectivity index (χ2v) is 3.99. The molecule has 3 heteroatoms. The highest BCUT2D eigenvalue weighted by atomic mass is 16.5. The molecule has 0 radical (unpaired) electrons. The van der Waals surface area contributed by atoms with Crippen LogP contribution in [0, 0.1) is 6.92 Å². The number of aryl methyl sites for hydroxylation is 1. The minimum Gasteiger partial charge on any atom is -0.381 e. The molecule has 1 heterocycles. The second kappa shape index (κ2) is 4.39. The van der Waals surface area contributed by atoms with Gasteiger partial charge in [-0.25, -0.2) is 0 Å². The third kappa shape index (κ3) is 1.94. The number of anilines is 1. The minimum absolute atomic E-state index is 0.512. The standard InChI is InChI=1S/C13H16N2O/c1-3-5-11-12(16-15-13(11)14)10-7-4-6-9(2)8-10/h4,6-8H,3,5H2,1-2H3,(H2,14,15). The van der Waals surface area contributed by atoms with E-state index in [9.17, 15) is 0 Å². The van der Waals surface area contributed by atoms with Crippen LogP contribution in [-0.2, 0) is 6.42 Å². The van der Waals surface area contributed by atoms with Crippen LogP contribution < -0.4 is 5.73 Å². The molecule has 0 fully saturated rings. The summed E-state index contributed by atoms with van der Waals surface area (Å²) in [7, 11) is 0. The molecule has 0 saturated heterocycles. The van der Waals surface area contributed by atoms with Crippen molar-refractivity contribution in [3.8, 4) is 11.3 Å². The van der Waals surface area contributed by atoms with E-state index >= 15 is 0 Å². The molecule has 0 unspecified atom stereocenters. The molecule has 3 nitrogen and oxygen atoms in total. The Balaban J connectivity index is 2.47. The summed E-state index contributed by atoms with van der Waals surface area (Å²) in [5.41, 5.74) is 9.07. The van der Waals surface area contributed by atoms with E-state index in [0.29, 0.717) is 5.82 Å². The highest BCUT2D eigenvalue weighted by Crippen LogP contribution is 2.29. The van der Waals surface area contributed by atoms with Crippen molar-refractivity contribution < 1.29 is 4.52 Å². The Morgan fingerprint density at radius 1 is 1.38 bits per heavy atom. The lowest BCUT2D eigenvalue weighted by Gasteiger charge is -2.01. The molecule has 0 spiro atoms. The van der Waals surface area contributed by atoms with E-state index in [2.05, 4.69) is 31.1 Å². The fraction of sp³-hybridized carbons (Fsp3) is 0.308. The second-order valence-electron chi connectivity index (χ2n) is 3.99. The van der Waals surface area contributed by atoms with Gasteiger partial charge < -0.3 is 10.3 Å². The first kappa shape index (κ1) is 10.7. The van der Waals surface area contributed by atoms with Gasteiger partial charge in [-0.2, -0.15) is 0 Å². The van der Waals surface area contributed by atoms with Gasteiger partial charge in [0.05, 0.1) is 0 Å². The Labute approximate surface area is 95.3 Å². The van der Waals surface area contributed by atoms with E-state index in [-0.39, 0.29) is 0 Å². The Morgan fingerprint density at radius 2 is 2.19 bits per heavy atom. The lowest BCUT2D eigenvalue weighted by molar-refractivity contribution is 0.435. The number of benzene rings is 1. The molecule has 2 rings (SSSR count). The fourth-order valence-electron chi connectivity index (χ4n) is 1.83. The number of hydrogen-bond acceptors (Lipinski definition) is 3. The van der Waals surface area contributed by atoms with Crippen molar-refractivity contribution in [3.05, 3.63) is 35.4 Å². The molecule has 0 aliphatic rings. The third-order valence-corrected chi connectivity index (χ3v) is 2.60. The zero-order valence-corrected chi connectivity index (χ0v) is 9.66. The van der Waals surface area contributed by atoms with Crippen LogP contribution in [0.25, 0.3) is 11.3 Å². The molecule has 0 aliphatic carbocycles. The van der Waals surface area contributed by atoms with Crippen LogP contribution in [0.4, 0.5) is 5.82 Å². The summed E-state index contributed by atoms with van der Waals surface area (Å²) in [6.45, 7) is 4.18. The summed E-state index contributed by atoms with van der Waals surface area (Å²) in [6, 6.07) is 8.17. The molecule has 2 aromatic rings. The first-order chi connectivity index (χ1) is 7.72. The SMILES string of the molecule is CCCc1c(N)noc1-c1cccc(C)c1. The van der Waals surface area contributed by atoms with Crippen molar-refractivity contribution in [1.82, 2.24) is 5.16 Å². The summed E-state index contributed by atoms with van der Waals surface area (Å²) in [5.74, 6) is 1.32. The first-order valence-electron chi connectivity index (χ1n) is 5.53. The zero-order chi connectivity index (χ0) is 11.5. The van der Waals surface area contributed by atoms with E-state index in [0.717, 1.165) is 29.7 Å². The van der Waals surface area contributed by atoms with Crippen molar-refractivity contribution in [2.24, 2.45) is 0 Å². The molecule has 0 atom stereocenters. The van der Waals surface area contributed by atoms with Crippen molar-refractivity contribution in [2.75, 3.05) is 5.73 Å². The van der Waals surface area contributed by atoms with E-state index in [1.54, 1.807) is 0 Å². The van der Waals surface area contributed by atoms with Gasteiger partial charge in [0.1, 0.15) is 0 Å². The van der Waals surface area contributed by atoms with Crippen LogP contribution >= 0.6 is 0 Å². The predicted molar refractivity (Wildman–Crippen MR) is 65.1 cm³/mol. The molecular formula is C13H16N2O. The molecule has 0 amide bonds. The minimum atomic E-state index is 0.512. The number of nitrogen functional groups attached to an aromatic ring is 1. The molecule has 16 heavy (non-hydrogen) atoms. The Bertz CT molecular complexity index is 488. The molecule has 84 valence electrons. The number of rotatable bonds is 3. The van der Waals surface area contributed by atoms with Gasteiger partial charge in [0.15, 0.2) is 11.6 Å². The monoisotopic (exact) mass is 216 g/mol. The highest BCUT2D eigenvalue weighted by Gasteiger charge is 2.14. The summed E-state index contributed by atoms with van der Waals surface area (Å²) in [6.07, 6.45) is 1.93. The van der Waals surface area contributed by atoms with Crippen molar-refractivity contribution in [3.63, 3.8) is 0 Å². The van der Waals surface area contributed by atoms with Crippen LogP contribution in [0.3, 0.4) is 0 Å². The van der Waals surface area contributed by atoms with E-state index in [1.807, 2.05) is 12.1 Å². The quantitative estimate of drug-likeness (QED) is 0.857. The summed E-state index contributed by atoms with van der Waals surface area (Å²) >= 11 is 0. The third-order valence-electron chi connectivity index (χ3n) is 2.60. The Morgan fingerprint density at radius 3 is 2.88 bits per heavy atom. The van der Waals surface area contributed by atoms with E-state index < -0.39 is 0 Å². The summed E-state index contributed by atoms with van der Waals surface area (Å²) in [5, 5.41) is 3.84. The number of nitrogens with two attached hydrogens (primary N) is 1. The van der Waals surface area contributed by atoms with Gasteiger partial charge in [0, 0.05) is 11.1 Å². The highest BCUT2D eigenvalue weighted by molar-refractivity contribution is 5.66. The van der Waals surface area contributed by atoms with Crippen molar-refractivity contribution >= 4 is 5.82 Å².